The van der Waals surface area contributed by atoms with Gasteiger partial charge in [0.25, 0.3) is 0 Å². The number of nitrogen functional groups attached to an aromatic ring is 1. The predicted molar refractivity (Wildman–Crippen MR) is 133 cm³/mol. The summed E-state index contributed by atoms with van der Waals surface area (Å²) in [6, 6.07) is 15.7. The number of carboxylic acid groups (broad SMARTS) is 1. The number of nitrogens with two attached hydrogens (primary N) is 1. The van der Waals surface area contributed by atoms with Gasteiger partial charge in [0, 0.05) is 27.5 Å². The minimum atomic E-state index is -1.000. The summed E-state index contributed by atoms with van der Waals surface area (Å²) in [4.78, 5) is 25.8. The lowest BCUT2D eigenvalue weighted by atomic mass is 9.98. The van der Waals surface area contributed by atoms with Crippen LogP contribution in [-0.2, 0) is 9.59 Å². The molecule has 166 valence electrons. The van der Waals surface area contributed by atoms with Crippen molar-refractivity contribution >= 4 is 58.3 Å². The van der Waals surface area contributed by atoms with Crippen molar-refractivity contribution in [2.75, 3.05) is 11.6 Å². The third-order valence-corrected chi connectivity index (χ3v) is 8.17. The van der Waals surface area contributed by atoms with E-state index in [0.717, 1.165) is 35.6 Å². The first-order valence-electron chi connectivity index (χ1n) is 9.70. The van der Waals surface area contributed by atoms with E-state index in [1.807, 2.05) is 55.6 Å². The molecule has 9 heteroatoms. The van der Waals surface area contributed by atoms with E-state index < -0.39 is 5.97 Å². The van der Waals surface area contributed by atoms with E-state index in [1.54, 1.807) is 23.5 Å². The van der Waals surface area contributed by atoms with Crippen LogP contribution in [0.15, 0.2) is 62.5 Å². The van der Waals surface area contributed by atoms with Crippen LogP contribution in [0.3, 0.4) is 0 Å². The molecule has 5 N–H and O–H groups in total. The normalized spacial score (nSPS) is 10.7. The van der Waals surface area contributed by atoms with Crippen LogP contribution in [0.1, 0.15) is 23.3 Å². The summed E-state index contributed by atoms with van der Waals surface area (Å²) in [5, 5.41) is 19.4. The van der Waals surface area contributed by atoms with Gasteiger partial charge in [-0.25, -0.2) is 0 Å². The van der Waals surface area contributed by atoms with Gasteiger partial charge < -0.3 is 16.2 Å². The van der Waals surface area contributed by atoms with Crippen LogP contribution in [0.2, 0.25) is 0 Å². The number of carbonyl (C=O) groups is 2. The van der Waals surface area contributed by atoms with E-state index in [2.05, 4.69) is 11.4 Å². The lowest BCUT2D eigenvalue weighted by molar-refractivity contribution is -0.138. The number of thiophene rings is 1. The van der Waals surface area contributed by atoms with Crippen LogP contribution in [0, 0.1) is 12.3 Å². The summed E-state index contributed by atoms with van der Waals surface area (Å²) in [6.07, 6.45) is 1.72. The molecule has 0 aliphatic rings. The fourth-order valence-electron chi connectivity index (χ4n) is 3.13. The molecule has 0 fully saturated rings. The first-order chi connectivity index (χ1) is 15.3. The molecule has 0 radical (unpaired) electrons. The molecular formula is C23H23N3O3S3. The highest BCUT2D eigenvalue weighted by atomic mass is 32.2. The van der Waals surface area contributed by atoms with Crippen LogP contribution >= 0.6 is 34.9 Å². The molecule has 1 amide bonds. The van der Waals surface area contributed by atoms with Gasteiger partial charge in [0.15, 0.2) is 0 Å². The second kappa shape index (κ2) is 10.7. The molecule has 3 aromatic rings. The largest absolute Gasteiger partial charge is 0.481 e. The Bertz CT molecular complexity index is 1170. The predicted octanol–water partition coefficient (Wildman–Crippen LogP) is 5.68. The van der Waals surface area contributed by atoms with Crippen molar-refractivity contribution in [1.82, 2.24) is 0 Å². The van der Waals surface area contributed by atoms with E-state index in [9.17, 15) is 9.59 Å². The van der Waals surface area contributed by atoms with Crippen molar-refractivity contribution in [1.29, 1.82) is 5.41 Å². The number of hydrogen-bond donors (Lipinski definition) is 4. The molecule has 2 aromatic carbocycles. The number of aryl methyl sites for hydroxylation is 1. The Morgan fingerprint density at radius 2 is 1.91 bits per heavy atom. The molecule has 6 nitrogen and oxygen atoms in total. The molecule has 0 bridgehead atoms. The van der Waals surface area contributed by atoms with Gasteiger partial charge in [-0.3, -0.25) is 15.0 Å². The third kappa shape index (κ3) is 5.93. The second-order valence-electron chi connectivity index (χ2n) is 6.95. The number of carbonyl (C=O) groups excluding carboxylic acids is 1. The lowest BCUT2D eigenvalue weighted by Crippen LogP contribution is -2.14. The SMILES string of the molecule is CSc1sc(C(=N)N)cc1Sc1cccc(-c2c(C)cccc2NC(=O)CCC(=O)O)c1. The van der Waals surface area contributed by atoms with Gasteiger partial charge in [-0.2, -0.15) is 0 Å². The quantitative estimate of drug-likeness (QED) is 0.176. The summed E-state index contributed by atoms with van der Waals surface area (Å²) in [7, 11) is 0. The molecule has 3 rings (SSSR count). The molecule has 0 saturated carbocycles. The zero-order valence-corrected chi connectivity index (χ0v) is 20.0. The highest BCUT2D eigenvalue weighted by molar-refractivity contribution is 8.03. The van der Waals surface area contributed by atoms with Crippen molar-refractivity contribution in [2.24, 2.45) is 5.73 Å². The minimum Gasteiger partial charge on any atom is -0.481 e. The van der Waals surface area contributed by atoms with Gasteiger partial charge in [-0.05, 0) is 48.6 Å². The zero-order chi connectivity index (χ0) is 23.3. The van der Waals surface area contributed by atoms with Crippen molar-refractivity contribution in [2.45, 2.75) is 33.8 Å². The smallest absolute Gasteiger partial charge is 0.303 e. The maximum atomic E-state index is 12.2. The summed E-state index contributed by atoms with van der Waals surface area (Å²) < 4.78 is 1.10. The fourth-order valence-corrected chi connectivity index (χ4v) is 6.19. The summed E-state index contributed by atoms with van der Waals surface area (Å²) >= 11 is 4.74. The standard InChI is InChI=1S/C23H23N3O3S3/c1-13-5-3-8-16(26-19(27)9-10-20(28)29)21(13)14-6-4-7-15(11-14)31-18-12-17(22(24)25)32-23(18)30-2/h3-8,11-12H,9-10H2,1-2H3,(H3,24,25)(H,26,27)(H,28,29). The number of amidine groups is 1. The molecular weight excluding hydrogens is 462 g/mol. The molecule has 0 unspecified atom stereocenters. The van der Waals surface area contributed by atoms with Crippen molar-refractivity contribution in [3.05, 3.63) is 59.0 Å². The van der Waals surface area contributed by atoms with Crippen LogP contribution in [0.4, 0.5) is 5.69 Å². The minimum absolute atomic E-state index is 0.0640. The number of carboxylic acids is 1. The highest BCUT2D eigenvalue weighted by Crippen LogP contribution is 2.42. The first-order valence-corrected chi connectivity index (χ1v) is 12.6. The topological polar surface area (TPSA) is 116 Å². The Labute approximate surface area is 199 Å². The average molecular weight is 486 g/mol. The van der Waals surface area contributed by atoms with Crippen molar-refractivity contribution in [3.63, 3.8) is 0 Å². The molecule has 0 atom stereocenters. The fraction of sp³-hybridized carbons (Fsp3) is 0.174. The number of thioether (sulfide) groups is 1. The van der Waals surface area contributed by atoms with Crippen LogP contribution in [0.5, 0.6) is 0 Å². The molecule has 0 aliphatic heterocycles. The Morgan fingerprint density at radius 1 is 1.16 bits per heavy atom. The molecule has 0 spiro atoms. The van der Waals surface area contributed by atoms with Crippen LogP contribution in [0.25, 0.3) is 11.1 Å². The number of anilines is 1. The van der Waals surface area contributed by atoms with Crippen molar-refractivity contribution < 1.29 is 14.7 Å². The van der Waals surface area contributed by atoms with Crippen LogP contribution in [-0.4, -0.2) is 29.1 Å². The average Bonchev–Trinajstić information content (AvgIpc) is 3.16. The Morgan fingerprint density at radius 3 is 2.59 bits per heavy atom. The zero-order valence-electron chi connectivity index (χ0n) is 17.6. The molecule has 0 aliphatic carbocycles. The summed E-state index contributed by atoms with van der Waals surface area (Å²) in [6.45, 7) is 1.98. The Hall–Kier alpha value is -2.75. The van der Waals surface area contributed by atoms with E-state index in [0.29, 0.717) is 5.69 Å². The van der Waals surface area contributed by atoms with Crippen LogP contribution < -0.4 is 11.1 Å². The highest BCUT2D eigenvalue weighted by Gasteiger charge is 2.15. The van der Waals surface area contributed by atoms with Gasteiger partial charge in [-0.15, -0.1) is 23.1 Å². The number of amides is 1. The van der Waals surface area contributed by atoms with Gasteiger partial charge >= 0.3 is 5.97 Å². The van der Waals surface area contributed by atoms with Gasteiger partial charge in [0.1, 0.15) is 5.84 Å². The summed E-state index contributed by atoms with van der Waals surface area (Å²) in [5.41, 5.74) is 9.17. The number of hydrogen-bond acceptors (Lipinski definition) is 6. The second-order valence-corrected chi connectivity index (χ2v) is 10.2. The van der Waals surface area contributed by atoms with E-state index in [4.69, 9.17) is 16.2 Å². The number of benzene rings is 2. The number of rotatable bonds is 9. The summed E-state index contributed by atoms with van der Waals surface area (Å²) in [5.74, 6) is -1.26. The molecule has 1 heterocycles. The van der Waals surface area contributed by atoms with E-state index in [-0.39, 0.29) is 24.6 Å². The maximum Gasteiger partial charge on any atom is 0.303 e. The monoisotopic (exact) mass is 485 g/mol. The molecule has 0 saturated heterocycles. The number of nitrogens with one attached hydrogen (secondary N) is 2. The third-order valence-electron chi connectivity index (χ3n) is 4.58. The van der Waals surface area contributed by atoms with Gasteiger partial charge in [0.05, 0.1) is 15.5 Å². The van der Waals surface area contributed by atoms with E-state index >= 15 is 0 Å². The number of aliphatic carboxylic acids is 1. The van der Waals surface area contributed by atoms with Crippen molar-refractivity contribution in [3.8, 4) is 11.1 Å². The Kier molecular flexibility index (Phi) is 8.00. The molecule has 32 heavy (non-hydrogen) atoms. The molecule has 1 aromatic heterocycles. The van der Waals surface area contributed by atoms with Gasteiger partial charge in [-0.1, -0.05) is 36.0 Å². The Balaban J connectivity index is 1.91. The first kappa shape index (κ1) is 23.9. The lowest BCUT2D eigenvalue weighted by Gasteiger charge is -2.15. The van der Waals surface area contributed by atoms with Gasteiger partial charge in [0.2, 0.25) is 5.91 Å². The maximum absolute atomic E-state index is 12.2. The van der Waals surface area contributed by atoms with E-state index in [1.165, 1.54) is 11.3 Å².